The van der Waals surface area contributed by atoms with Crippen LogP contribution in [0.15, 0.2) is 24.3 Å². The molecule has 4 heteroatoms. The highest BCUT2D eigenvalue weighted by Crippen LogP contribution is 2.03. The number of nitrogens with two attached hydrogens (primary N) is 1. The van der Waals surface area contributed by atoms with Gasteiger partial charge >= 0.3 is 6.09 Å². The SMILES string of the molecule is COC(=O)NCc1cccc(C#CCN)c1. The lowest BCUT2D eigenvalue weighted by molar-refractivity contribution is 0.170. The Morgan fingerprint density at radius 3 is 3.06 bits per heavy atom. The van der Waals surface area contributed by atoms with Gasteiger partial charge in [0.25, 0.3) is 0 Å². The normalized spacial score (nSPS) is 8.88. The number of carbonyl (C=O) groups excluding carboxylic acids is 1. The van der Waals surface area contributed by atoms with E-state index in [1.807, 2.05) is 24.3 Å². The first-order chi connectivity index (χ1) is 7.76. The summed E-state index contributed by atoms with van der Waals surface area (Å²) in [5.74, 6) is 5.70. The molecule has 0 unspecified atom stereocenters. The molecule has 0 atom stereocenters. The standard InChI is InChI=1S/C12H14N2O2/c1-16-12(15)14-9-11-5-2-4-10(8-11)6-3-7-13/h2,4-5,8H,7,9,13H2,1H3,(H,14,15). The molecule has 0 bridgehead atoms. The van der Waals surface area contributed by atoms with Gasteiger partial charge in [-0.2, -0.15) is 0 Å². The number of hydrogen-bond donors (Lipinski definition) is 2. The van der Waals surface area contributed by atoms with Gasteiger partial charge in [-0.3, -0.25) is 0 Å². The Hall–Kier alpha value is -1.99. The van der Waals surface area contributed by atoms with Gasteiger partial charge in [-0.05, 0) is 17.7 Å². The lowest BCUT2D eigenvalue weighted by Gasteiger charge is -2.03. The van der Waals surface area contributed by atoms with Crippen LogP contribution >= 0.6 is 0 Å². The van der Waals surface area contributed by atoms with Gasteiger partial charge < -0.3 is 15.8 Å². The molecule has 0 spiro atoms. The van der Waals surface area contributed by atoms with Crippen LogP contribution in [0.2, 0.25) is 0 Å². The van der Waals surface area contributed by atoms with Crippen molar-refractivity contribution >= 4 is 6.09 Å². The zero-order chi connectivity index (χ0) is 11.8. The molecular formula is C12H14N2O2. The molecule has 16 heavy (non-hydrogen) atoms. The van der Waals surface area contributed by atoms with Crippen molar-refractivity contribution in [3.05, 3.63) is 35.4 Å². The van der Waals surface area contributed by atoms with Crippen LogP contribution < -0.4 is 11.1 Å². The largest absolute Gasteiger partial charge is 0.453 e. The van der Waals surface area contributed by atoms with E-state index in [1.165, 1.54) is 7.11 Å². The minimum Gasteiger partial charge on any atom is -0.453 e. The summed E-state index contributed by atoms with van der Waals surface area (Å²) in [5.41, 5.74) is 7.13. The number of carbonyl (C=O) groups is 1. The second kappa shape index (κ2) is 6.49. The second-order valence-electron chi connectivity index (χ2n) is 3.05. The van der Waals surface area contributed by atoms with Crippen molar-refractivity contribution in [2.75, 3.05) is 13.7 Å². The van der Waals surface area contributed by atoms with Gasteiger partial charge in [0.2, 0.25) is 0 Å². The first-order valence-corrected chi connectivity index (χ1v) is 4.86. The van der Waals surface area contributed by atoms with E-state index in [0.717, 1.165) is 11.1 Å². The van der Waals surface area contributed by atoms with Gasteiger partial charge in [0.15, 0.2) is 0 Å². The Bertz CT molecular complexity index is 419. The van der Waals surface area contributed by atoms with Crippen LogP contribution in [-0.4, -0.2) is 19.7 Å². The molecule has 4 nitrogen and oxygen atoms in total. The molecule has 3 N–H and O–H groups in total. The van der Waals surface area contributed by atoms with Gasteiger partial charge in [-0.25, -0.2) is 4.79 Å². The van der Waals surface area contributed by atoms with Crippen molar-refractivity contribution in [3.63, 3.8) is 0 Å². The van der Waals surface area contributed by atoms with E-state index in [4.69, 9.17) is 5.73 Å². The van der Waals surface area contributed by atoms with E-state index >= 15 is 0 Å². The smallest absolute Gasteiger partial charge is 0.407 e. The summed E-state index contributed by atoms with van der Waals surface area (Å²) in [7, 11) is 1.33. The Morgan fingerprint density at radius 2 is 2.38 bits per heavy atom. The van der Waals surface area contributed by atoms with Crippen LogP contribution in [0.25, 0.3) is 0 Å². The van der Waals surface area contributed by atoms with Crippen molar-refractivity contribution < 1.29 is 9.53 Å². The van der Waals surface area contributed by atoms with Gasteiger partial charge in [0.05, 0.1) is 13.7 Å². The van der Waals surface area contributed by atoms with Crippen molar-refractivity contribution in [1.29, 1.82) is 0 Å². The molecule has 0 saturated carbocycles. The van der Waals surface area contributed by atoms with Gasteiger partial charge in [-0.15, -0.1) is 0 Å². The number of amides is 1. The van der Waals surface area contributed by atoms with E-state index in [-0.39, 0.29) is 0 Å². The van der Waals surface area contributed by atoms with Crippen LogP contribution in [0.5, 0.6) is 0 Å². The lowest BCUT2D eigenvalue weighted by atomic mass is 10.1. The predicted molar refractivity (Wildman–Crippen MR) is 61.6 cm³/mol. The van der Waals surface area contributed by atoms with Crippen LogP contribution in [0.3, 0.4) is 0 Å². The first-order valence-electron chi connectivity index (χ1n) is 4.86. The summed E-state index contributed by atoms with van der Waals surface area (Å²) in [6.07, 6.45) is -0.446. The average Bonchev–Trinajstić information content (AvgIpc) is 2.34. The van der Waals surface area contributed by atoms with E-state index < -0.39 is 6.09 Å². The van der Waals surface area contributed by atoms with Gasteiger partial charge in [0.1, 0.15) is 0 Å². The van der Waals surface area contributed by atoms with Gasteiger partial charge in [0, 0.05) is 12.1 Å². The number of nitrogens with one attached hydrogen (secondary N) is 1. The molecular weight excluding hydrogens is 204 g/mol. The Kier molecular flexibility index (Phi) is 4.90. The molecule has 0 aliphatic carbocycles. The maximum Gasteiger partial charge on any atom is 0.407 e. The lowest BCUT2D eigenvalue weighted by Crippen LogP contribution is -2.22. The molecule has 1 aromatic rings. The number of rotatable bonds is 2. The van der Waals surface area contributed by atoms with Crippen LogP contribution in [0.1, 0.15) is 11.1 Å². The minimum absolute atomic E-state index is 0.338. The third kappa shape index (κ3) is 4.03. The molecule has 0 aliphatic heterocycles. The quantitative estimate of drug-likeness (QED) is 0.723. The molecule has 0 aromatic heterocycles. The highest BCUT2D eigenvalue weighted by Gasteiger charge is 1.98. The molecule has 0 aliphatic rings. The fraction of sp³-hybridized carbons (Fsp3) is 0.250. The van der Waals surface area contributed by atoms with Crippen molar-refractivity contribution in [2.45, 2.75) is 6.54 Å². The van der Waals surface area contributed by atoms with Crippen LogP contribution in [-0.2, 0) is 11.3 Å². The fourth-order valence-corrected chi connectivity index (χ4v) is 1.16. The Morgan fingerprint density at radius 1 is 1.56 bits per heavy atom. The van der Waals surface area contributed by atoms with Crippen LogP contribution in [0, 0.1) is 11.8 Å². The van der Waals surface area contributed by atoms with Crippen molar-refractivity contribution in [1.82, 2.24) is 5.32 Å². The predicted octanol–water partition coefficient (Wildman–Crippen LogP) is 0.853. The maximum absolute atomic E-state index is 10.9. The number of ether oxygens (including phenoxy) is 1. The van der Waals surface area contributed by atoms with Crippen molar-refractivity contribution in [2.24, 2.45) is 5.73 Å². The summed E-state index contributed by atoms with van der Waals surface area (Å²) in [4.78, 5) is 10.9. The fourth-order valence-electron chi connectivity index (χ4n) is 1.16. The van der Waals surface area contributed by atoms with Gasteiger partial charge in [-0.1, -0.05) is 24.0 Å². The molecule has 1 amide bonds. The Labute approximate surface area is 94.8 Å². The van der Waals surface area contributed by atoms with E-state index in [0.29, 0.717) is 13.1 Å². The molecule has 1 aromatic carbocycles. The topological polar surface area (TPSA) is 64.3 Å². The first kappa shape index (κ1) is 12.1. The molecule has 1 rings (SSSR count). The molecule has 0 fully saturated rings. The highest BCUT2D eigenvalue weighted by molar-refractivity contribution is 5.66. The zero-order valence-electron chi connectivity index (χ0n) is 9.12. The second-order valence-corrected chi connectivity index (χ2v) is 3.05. The molecule has 0 heterocycles. The summed E-state index contributed by atoms with van der Waals surface area (Å²) in [6, 6.07) is 7.58. The summed E-state index contributed by atoms with van der Waals surface area (Å²) in [5, 5.41) is 2.60. The third-order valence-electron chi connectivity index (χ3n) is 1.88. The number of methoxy groups -OCH3 is 1. The summed E-state index contributed by atoms with van der Waals surface area (Å²) >= 11 is 0. The zero-order valence-corrected chi connectivity index (χ0v) is 9.12. The summed E-state index contributed by atoms with van der Waals surface area (Å²) < 4.78 is 4.47. The van der Waals surface area contributed by atoms with Crippen molar-refractivity contribution in [3.8, 4) is 11.8 Å². The third-order valence-corrected chi connectivity index (χ3v) is 1.88. The van der Waals surface area contributed by atoms with E-state index in [9.17, 15) is 4.79 Å². The summed E-state index contributed by atoms with van der Waals surface area (Å²) in [6.45, 7) is 0.759. The highest BCUT2D eigenvalue weighted by atomic mass is 16.5. The van der Waals surface area contributed by atoms with E-state index in [1.54, 1.807) is 0 Å². The van der Waals surface area contributed by atoms with E-state index in [2.05, 4.69) is 21.9 Å². The minimum atomic E-state index is -0.446. The monoisotopic (exact) mass is 218 g/mol. The number of alkyl carbamates (subject to hydrolysis) is 1. The molecule has 0 radical (unpaired) electrons. The Balaban J connectivity index is 2.64. The average molecular weight is 218 g/mol. The van der Waals surface area contributed by atoms with Crippen LogP contribution in [0.4, 0.5) is 4.79 Å². The number of hydrogen-bond acceptors (Lipinski definition) is 3. The molecule has 84 valence electrons. The molecule has 0 saturated heterocycles. The number of benzene rings is 1. The maximum atomic E-state index is 10.9.